The lowest BCUT2D eigenvalue weighted by atomic mass is 10.0. The van der Waals surface area contributed by atoms with Crippen molar-refractivity contribution in [2.24, 2.45) is 5.92 Å². The van der Waals surface area contributed by atoms with Crippen molar-refractivity contribution >= 4 is 18.3 Å². The lowest BCUT2D eigenvalue weighted by Crippen LogP contribution is -2.39. The number of carbonyl (C=O) groups excluding carboxylic acids is 1. The van der Waals surface area contributed by atoms with Crippen molar-refractivity contribution < 1.29 is 9.53 Å². The van der Waals surface area contributed by atoms with Crippen LogP contribution in [0.2, 0.25) is 0 Å². The number of hydrogen-bond acceptors (Lipinski definition) is 3. The minimum Gasteiger partial charge on any atom is -0.381 e. The Hall–Kier alpha value is -0.320. The van der Waals surface area contributed by atoms with E-state index in [0.29, 0.717) is 30.3 Å². The van der Waals surface area contributed by atoms with E-state index in [-0.39, 0.29) is 12.4 Å². The molecule has 0 aromatic rings. The molecule has 3 unspecified atom stereocenters. The second-order valence-corrected chi connectivity index (χ2v) is 6.03. The van der Waals surface area contributed by atoms with Crippen LogP contribution in [0.15, 0.2) is 0 Å². The quantitative estimate of drug-likeness (QED) is 0.857. The van der Waals surface area contributed by atoms with Gasteiger partial charge in [0.15, 0.2) is 0 Å². The summed E-state index contributed by atoms with van der Waals surface area (Å²) >= 11 is 0. The Balaban J connectivity index is 0.00000133. The number of amides is 1. The van der Waals surface area contributed by atoms with Gasteiger partial charge < -0.3 is 15.0 Å². The molecule has 0 saturated carbocycles. The van der Waals surface area contributed by atoms with Gasteiger partial charge in [-0.05, 0) is 38.0 Å². The fraction of sp³-hybridized carbons (Fsp3) is 0.929. The number of rotatable bonds is 3. The fourth-order valence-electron chi connectivity index (χ4n) is 3.47. The first-order chi connectivity index (χ1) is 8.81. The maximum atomic E-state index is 12.2. The van der Waals surface area contributed by atoms with Gasteiger partial charge in [-0.2, -0.15) is 0 Å². The van der Waals surface area contributed by atoms with Crippen LogP contribution in [-0.4, -0.2) is 49.2 Å². The van der Waals surface area contributed by atoms with E-state index in [2.05, 4.69) is 10.2 Å². The standard InChI is InChI=1S/C14H24N2O2.ClH/c17-14(4-1-11-6-8-18-10-11)16-7-5-12-2-3-13(9-16)15-12;/h11-13,15H,1-10H2;1H. The maximum absolute atomic E-state index is 12.2. The zero-order chi connectivity index (χ0) is 12.4. The number of nitrogens with one attached hydrogen (secondary N) is 1. The molecule has 0 radical (unpaired) electrons. The van der Waals surface area contributed by atoms with E-state index in [4.69, 9.17) is 4.74 Å². The van der Waals surface area contributed by atoms with Gasteiger partial charge in [0.1, 0.15) is 0 Å². The predicted molar refractivity (Wildman–Crippen MR) is 76.6 cm³/mol. The lowest BCUT2D eigenvalue weighted by molar-refractivity contribution is -0.131. The van der Waals surface area contributed by atoms with Gasteiger partial charge in [0, 0.05) is 44.8 Å². The third-order valence-electron chi connectivity index (χ3n) is 4.67. The van der Waals surface area contributed by atoms with Gasteiger partial charge >= 0.3 is 0 Å². The van der Waals surface area contributed by atoms with Gasteiger partial charge in [-0.1, -0.05) is 0 Å². The molecule has 3 saturated heterocycles. The first kappa shape index (κ1) is 15.1. The topological polar surface area (TPSA) is 41.6 Å². The molecule has 110 valence electrons. The molecule has 4 nitrogen and oxygen atoms in total. The van der Waals surface area contributed by atoms with Crippen molar-refractivity contribution in [2.45, 2.75) is 50.6 Å². The van der Waals surface area contributed by atoms with Crippen LogP contribution in [0.5, 0.6) is 0 Å². The Labute approximate surface area is 121 Å². The fourth-order valence-corrected chi connectivity index (χ4v) is 3.47. The third kappa shape index (κ3) is 3.83. The molecule has 3 aliphatic rings. The molecule has 3 rings (SSSR count). The minimum absolute atomic E-state index is 0. The number of likely N-dealkylation sites (tertiary alicyclic amines) is 1. The summed E-state index contributed by atoms with van der Waals surface area (Å²) in [7, 11) is 0. The van der Waals surface area contributed by atoms with Crippen LogP contribution in [0.4, 0.5) is 0 Å². The smallest absolute Gasteiger partial charge is 0.222 e. The van der Waals surface area contributed by atoms with Crippen molar-refractivity contribution in [2.75, 3.05) is 26.3 Å². The van der Waals surface area contributed by atoms with Crippen molar-refractivity contribution in [1.29, 1.82) is 0 Å². The SMILES string of the molecule is Cl.O=C(CCC1CCOC1)N1CCC2CCC(C1)N2. The lowest BCUT2D eigenvalue weighted by Gasteiger charge is -2.24. The minimum atomic E-state index is 0. The first-order valence-corrected chi connectivity index (χ1v) is 7.43. The molecular weight excluding hydrogens is 264 g/mol. The Morgan fingerprint density at radius 3 is 2.84 bits per heavy atom. The average Bonchev–Trinajstić information content (AvgIpc) is 2.96. The van der Waals surface area contributed by atoms with Crippen LogP contribution in [0.1, 0.15) is 38.5 Å². The molecule has 1 N–H and O–H groups in total. The summed E-state index contributed by atoms with van der Waals surface area (Å²) < 4.78 is 5.36. The summed E-state index contributed by atoms with van der Waals surface area (Å²) in [5, 5.41) is 3.62. The second kappa shape index (κ2) is 6.91. The molecule has 2 bridgehead atoms. The van der Waals surface area contributed by atoms with Crippen molar-refractivity contribution in [3.8, 4) is 0 Å². The van der Waals surface area contributed by atoms with Crippen LogP contribution in [-0.2, 0) is 9.53 Å². The Morgan fingerprint density at radius 1 is 1.21 bits per heavy atom. The summed E-state index contributed by atoms with van der Waals surface area (Å²) in [6.45, 7) is 3.63. The number of halogens is 1. The van der Waals surface area contributed by atoms with Crippen molar-refractivity contribution in [3.63, 3.8) is 0 Å². The number of hydrogen-bond donors (Lipinski definition) is 1. The number of fused-ring (bicyclic) bond motifs is 2. The van der Waals surface area contributed by atoms with Crippen LogP contribution >= 0.6 is 12.4 Å². The normalized spacial score (nSPS) is 33.9. The zero-order valence-corrected chi connectivity index (χ0v) is 12.3. The van der Waals surface area contributed by atoms with Gasteiger partial charge in [0.2, 0.25) is 5.91 Å². The molecule has 0 aliphatic carbocycles. The molecule has 0 spiro atoms. The van der Waals surface area contributed by atoms with E-state index < -0.39 is 0 Å². The molecule has 0 aromatic carbocycles. The first-order valence-electron chi connectivity index (χ1n) is 7.43. The van der Waals surface area contributed by atoms with Gasteiger partial charge in [0.25, 0.3) is 0 Å². The van der Waals surface area contributed by atoms with E-state index in [9.17, 15) is 4.79 Å². The molecular formula is C14H25ClN2O2. The van der Waals surface area contributed by atoms with E-state index in [1.54, 1.807) is 0 Å². The van der Waals surface area contributed by atoms with E-state index >= 15 is 0 Å². The summed E-state index contributed by atoms with van der Waals surface area (Å²) in [4.78, 5) is 14.3. The van der Waals surface area contributed by atoms with Gasteiger partial charge in [-0.3, -0.25) is 4.79 Å². The summed E-state index contributed by atoms with van der Waals surface area (Å²) in [5.41, 5.74) is 0. The number of ether oxygens (including phenoxy) is 1. The Bertz CT molecular complexity index is 308. The summed E-state index contributed by atoms with van der Waals surface area (Å²) in [5.74, 6) is 0.978. The predicted octanol–water partition coefficient (Wildman–Crippen LogP) is 1.58. The molecule has 3 fully saturated rings. The molecule has 3 heterocycles. The molecule has 5 heteroatoms. The zero-order valence-electron chi connectivity index (χ0n) is 11.5. The highest BCUT2D eigenvalue weighted by molar-refractivity contribution is 5.85. The monoisotopic (exact) mass is 288 g/mol. The highest BCUT2D eigenvalue weighted by Crippen LogP contribution is 2.22. The van der Waals surface area contributed by atoms with E-state index in [0.717, 1.165) is 45.6 Å². The van der Waals surface area contributed by atoms with Gasteiger partial charge in [0.05, 0.1) is 0 Å². The third-order valence-corrected chi connectivity index (χ3v) is 4.67. The summed E-state index contributed by atoms with van der Waals surface area (Å²) in [6, 6.07) is 1.22. The molecule has 0 aromatic heterocycles. The highest BCUT2D eigenvalue weighted by atomic mass is 35.5. The van der Waals surface area contributed by atoms with E-state index in [1.807, 2.05) is 0 Å². The molecule has 3 aliphatic heterocycles. The molecule has 3 atom stereocenters. The van der Waals surface area contributed by atoms with Crippen LogP contribution < -0.4 is 5.32 Å². The van der Waals surface area contributed by atoms with Crippen LogP contribution in [0.25, 0.3) is 0 Å². The number of nitrogens with zero attached hydrogens (tertiary/aromatic N) is 1. The second-order valence-electron chi connectivity index (χ2n) is 6.03. The van der Waals surface area contributed by atoms with Crippen LogP contribution in [0.3, 0.4) is 0 Å². The Morgan fingerprint density at radius 2 is 2.05 bits per heavy atom. The van der Waals surface area contributed by atoms with Crippen LogP contribution in [0, 0.1) is 5.92 Å². The van der Waals surface area contributed by atoms with E-state index in [1.165, 1.54) is 12.8 Å². The Kier molecular flexibility index (Phi) is 5.48. The maximum Gasteiger partial charge on any atom is 0.222 e. The van der Waals surface area contributed by atoms with Crippen molar-refractivity contribution in [3.05, 3.63) is 0 Å². The van der Waals surface area contributed by atoms with Gasteiger partial charge in [-0.15, -0.1) is 12.4 Å². The largest absolute Gasteiger partial charge is 0.381 e. The average molecular weight is 289 g/mol. The van der Waals surface area contributed by atoms with Gasteiger partial charge in [-0.25, -0.2) is 0 Å². The molecule has 19 heavy (non-hydrogen) atoms. The molecule has 1 amide bonds. The summed E-state index contributed by atoms with van der Waals surface area (Å²) in [6.07, 6.45) is 6.54. The number of carbonyl (C=O) groups is 1. The van der Waals surface area contributed by atoms with Crippen molar-refractivity contribution in [1.82, 2.24) is 10.2 Å². The highest BCUT2D eigenvalue weighted by Gasteiger charge is 2.31.